The molecule has 2 aliphatic rings. The van der Waals surface area contributed by atoms with Crippen LogP contribution in [0, 0.1) is 18.6 Å². The van der Waals surface area contributed by atoms with Gasteiger partial charge >= 0.3 is 35.7 Å². The number of aliphatic carboxylic acids is 1. The van der Waals surface area contributed by atoms with Gasteiger partial charge in [-0.3, -0.25) is 9.80 Å². The Labute approximate surface area is 284 Å². The molecule has 0 radical (unpaired) electrons. The second-order valence-corrected chi connectivity index (χ2v) is 12.4. The molecule has 2 aliphatic heterocycles. The number of carbonyl (C=O) groups excluding carboxylic acids is 1. The summed E-state index contributed by atoms with van der Waals surface area (Å²) in [6.45, 7) is 8.36. The average molecular weight is 662 g/mol. The maximum Gasteiger partial charge on any atom is 1.00 e. The van der Waals surface area contributed by atoms with Gasteiger partial charge in [-0.1, -0.05) is 11.3 Å². The fraction of sp³-hybridized carbons (Fsp3) is 0.517. The van der Waals surface area contributed by atoms with E-state index in [-0.39, 0.29) is 76.1 Å². The Morgan fingerprint density at radius 1 is 1.04 bits per heavy atom. The molecule has 0 unspecified atom stereocenters. The third-order valence-corrected chi connectivity index (χ3v) is 9.09. The van der Waals surface area contributed by atoms with E-state index in [4.69, 9.17) is 0 Å². The second kappa shape index (κ2) is 14.6. The van der Waals surface area contributed by atoms with Crippen LogP contribution in [0.3, 0.4) is 0 Å². The van der Waals surface area contributed by atoms with Crippen molar-refractivity contribution in [3.8, 4) is 11.3 Å². The average Bonchev–Trinajstić information content (AvgIpc) is 3.51. The third kappa shape index (κ3) is 8.49. The van der Waals surface area contributed by atoms with Crippen molar-refractivity contribution >= 4 is 34.1 Å². The SMILES string of the molecule is Cc1nc(Nc2nc(-c3cc(F)cc(C(F)(F)F)c3)c(CN3[C@H](C)CC[C@H]3C)s2)c(F)c(N2CCN(CCC(=O)[O-])CC2)n1.[Na+]. The minimum absolute atomic E-state index is 0. The number of carbonyl (C=O) groups is 1. The molecule has 238 valence electrons. The number of piperazine rings is 1. The topological polar surface area (TPSA) is 101 Å². The Hall–Kier alpha value is -2.43. The van der Waals surface area contributed by atoms with Crippen molar-refractivity contribution < 1.29 is 61.4 Å². The Morgan fingerprint density at radius 3 is 2.33 bits per heavy atom. The Balaban J connectivity index is 0.00000461. The maximum atomic E-state index is 15.8. The number of nitrogens with one attached hydrogen (secondary N) is 1. The first-order chi connectivity index (χ1) is 20.8. The maximum absolute atomic E-state index is 15.8. The van der Waals surface area contributed by atoms with Crippen LogP contribution in [0.2, 0.25) is 0 Å². The minimum atomic E-state index is -4.75. The van der Waals surface area contributed by atoms with Gasteiger partial charge in [0, 0.05) is 67.8 Å². The van der Waals surface area contributed by atoms with E-state index in [0.717, 1.165) is 36.3 Å². The summed E-state index contributed by atoms with van der Waals surface area (Å²) >= 11 is 1.16. The van der Waals surface area contributed by atoms with E-state index in [0.29, 0.717) is 56.0 Å². The van der Waals surface area contributed by atoms with Gasteiger partial charge in [-0.15, -0.1) is 0 Å². The van der Waals surface area contributed by atoms with Crippen LogP contribution in [0.4, 0.5) is 38.7 Å². The predicted molar refractivity (Wildman–Crippen MR) is 154 cm³/mol. The summed E-state index contributed by atoms with van der Waals surface area (Å²) in [5.74, 6) is -2.65. The molecule has 5 rings (SSSR count). The number of likely N-dealkylation sites (tertiary alicyclic amines) is 1. The van der Waals surface area contributed by atoms with E-state index >= 15 is 4.39 Å². The number of carboxylic acids is 1. The summed E-state index contributed by atoms with van der Waals surface area (Å²) in [5, 5.41) is 13.9. The summed E-state index contributed by atoms with van der Waals surface area (Å²) in [6.07, 6.45) is -2.89. The Kier molecular flexibility index (Phi) is 11.5. The second-order valence-electron chi connectivity index (χ2n) is 11.3. The predicted octanol–water partition coefficient (Wildman–Crippen LogP) is 1.59. The molecule has 45 heavy (non-hydrogen) atoms. The molecule has 0 saturated carbocycles. The molecule has 0 aliphatic carbocycles. The molecular weight excluding hydrogens is 628 g/mol. The molecule has 0 spiro atoms. The quantitative estimate of drug-likeness (QED) is 0.271. The summed E-state index contributed by atoms with van der Waals surface area (Å²) in [5.41, 5.74) is -0.952. The van der Waals surface area contributed by atoms with Crippen LogP contribution in [-0.4, -0.2) is 75.5 Å². The summed E-state index contributed by atoms with van der Waals surface area (Å²) in [4.78, 5) is 30.4. The molecule has 9 nitrogen and oxygen atoms in total. The number of hydrogen-bond donors (Lipinski definition) is 1. The van der Waals surface area contributed by atoms with Crippen LogP contribution >= 0.6 is 11.3 Å². The molecule has 3 aromatic rings. The first-order valence-corrected chi connectivity index (χ1v) is 15.2. The molecule has 2 fully saturated rings. The fourth-order valence-electron chi connectivity index (χ4n) is 5.72. The van der Waals surface area contributed by atoms with Crippen molar-refractivity contribution in [2.75, 3.05) is 42.9 Å². The van der Waals surface area contributed by atoms with Crippen molar-refractivity contribution in [2.45, 2.75) is 64.8 Å². The number of halogens is 5. The van der Waals surface area contributed by atoms with Crippen LogP contribution in [-0.2, 0) is 17.5 Å². The molecule has 16 heteroatoms. The van der Waals surface area contributed by atoms with Crippen LogP contribution in [0.1, 0.15) is 49.4 Å². The normalized spacial score (nSPS) is 19.5. The van der Waals surface area contributed by atoms with Gasteiger partial charge in [0.1, 0.15) is 11.6 Å². The molecule has 1 N–H and O–H groups in total. The number of anilines is 3. The van der Waals surface area contributed by atoms with E-state index < -0.39 is 29.3 Å². The van der Waals surface area contributed by atoms with E-state index in [9.17, 15) is 27.5 Å². The van der Waals surface area contributed by atoms with Crippen molar-refractivity contribution in [3.05, 3.63) is 46.1 Å². The van der Waals surface area contributed by atoms with Gasteiger partial charge in [0.15, 0.2) is 16.8 Å². The zero-order valence-corrected chi connectivity index (χ0v) is 28.4. The smallest absolute Gasteiger partial charge is 0.550 e. The standard InChI is InChI=1S/C29H34F5N7O2S.Na/c1-16-4-5-17(2)41(16)15-22-25(19-12-20(29(32,33)34)14-21(30)13-19)37-28(44-22)38-26-24(31)27(36-18(3)35-26)40-10-8-39(9-11-40)7-6-23(42)43;/h12-14,16-17H,4-11,15H2,1-3H3,(H,42,43)(H,35,36,37,38);/q;+1/p-1/t16-,17-;/m1./s1. The van der Waals surface area contributed by atoms with E-state index in [1.807, 2.05) is 4.90 Å². The van der Waals surface area contributed by atoms with Gasteiger partial charge in [-0.2, -0.15) is 17.6 Å². The van der Waals surface area contributed by atoms with Crippen LogP contribution in [0.15, 0.2) is 18.2 Å². The van der Waals surface area contributed by atoms with Crippen molar-refractivity contribution in [1.82, 2.24) is 24.8 Å². The van der Waals surface area contributed by atoms with Gasteiger partial charge in [0.05, 0.1) is 11.3 Å². The molecule has 2 saturated heterocycles. The van der Waals surface area contributed by atoms with Crippen LogP contribution < -0.4 is 44.9 Å². The first-order valence-electron chi connectivity index (χ1n) is 14.4. The van der Waals surface area contributed by atoms with E-state index in [2.05, 4.69) is 39.0 Å². The number of thiazole rings is 1. The van der Waals surface area contributed by atoms with Gasteiger partial charge in [0.25, 0.3) is 0 Å². The number of nitrogens with zero attached hydrogens (tertiary/aromatic N) is 6. The molecule has 2 aromatic heterocycles. The number of benzene rings is 1. The third-order valence-electron chi connectivity index (χ3n) is 8.13. The molecule has 0 bridgehead atoms. The van der Waals surface area contributed by atoms with Crippen LogP contribution in [0.5, 0.6) is 0 Å². The number of aromatic nitrogens is 3. The number of carboxylic acid groups (broad SMARTS) is 1. The zero-order chi connectivity index (χ0) is 31.8. The van der Waals surface area contributed by atoms with Crippen molar-refractivity contribution in [3.63, 3.8) is 0 Å². The van der Waals surface area contributed by atoms with E-state index in [1.54, 1.807) is 11.8 Å². The van der Waals surface area contributed by atoms with Gasteiger partial charge in [-0.25, -0.2) is 19.3 Å². The molecular formula is C29H33F5N7NaO2S. The summed E-state index contributed by atoms with van der Waals surface area (Å²) in [7, 11) is 0. The van der Waals surface area contributed by atoms with Gasteiger partial charge in [-0.05, 0) is 58.2 Å². The molecule has 0 amide bonds. The first kappa shape index (κ1) is 35.4. The molecule has 4 heterocycles. The van der Waals surface area contributed by atoms with Gasteiger partial charge < -0.3 is 20.1 Å². The number of alkyl halides is 3. The van der Waals surface area contributed by atoms with Crippen molar-refractivity contribution in [1.29, 1.82) is 0 Å². The molecule has 1 aromatic carbocycles. The summed E-state index contributed by atoms with van der Waals surface area (Å²) in [6, 6.07) is 2.82. The van der Waals surface area contributed by atoms with E-state index in [1.165, 1.54) is 0 Å². The zero-order valence-electron chi connectivity index (χ0n) is 25.5. The molecule has 2 atom stereocenters. The van der Waals surface area contributed by atoms with Gasteiger partial charge in [0.2, 0.25) is 5.82 Å². The fourth-order valence-corrected chi connectivity index (χ4v) is 6.72. The Bertz CT molecular complexity index is 1510. The van der Waals surface area contributed by atoms with Crippen molar-refractivity contribution in [2.24, 2.45) is 0 Å². The minimum Gasteiger partial charge on any atom is -0.550 e. The summed E-state index contributed by atoms with van der Waals surface area (Å²) < 4.78 is 70.9. The monoisotopic (exact) mass is 661 g/mol. The number of aryl methyl sites for hydroxylation is 1. The Morgan fingerprint density at radius 2 is 1.71 bits per heavy atom. The number of hydrogen-bond acceptors (Lipinski definition) is 10. The largest absolute Gasteiger partial charge is 1.00 e. The van der Waals surface area contributed by atoms with Crippen LogP contribution in [0.25, 0.3) is 11.3 Å². The number of rotatable bonds is 9.